The fourth-order valence-corrected chi connectivity index (χ4v) is 2.66. The lowest BCUT2D eigenvalue weighted by Gasteiger charge is -2.04. The third-order valence-electron chi connectivity index (χ3n) is 2.72. The van der Waals surface area contributed by atoms with Gasteiger partial charge in [-0.15, -0.1) is 0 Å². The summed E-state index contributed by atoms with van der Waals surface area (Å²) in [6.07, 6.45) is -1.80. The zero-order valence-electron chi connectivity index (χ0n) is 10.4. The second kappa shape index (κ2) is 4.96. The molecule has 0 fully saturated rings. The van der Waals surface area contributed by atoms with Crippen molar-refractivity contribution >= 4 is 17.3 Å². The van der Waals surface area contributed by atoms with Crippen molar-refractivity contribution in [1.29, 1.82) is 0 Å². The molecule has 21 heavy (non-hydrogen) atoms. The molecule has 108 valence electrons. The van der Waals surface area contributed by atoms with Crippen LogP contribution in [0.3, 0.4) is 0 Å². The molecule has 1 aromatic carbocycles. The molecule has 0 unspecified atom stereocenters. The number of hydrogen-bond acceptors (Lipinski definition) is 4. The number of phenols is 1. The minimum Gasteiger partial charge on any atom is -0.507 e. The van der Waals surface area contributed by atoms with Crippen molar-refractivity contribution in [3.8, 4) is 5.75 Å². The minimum atomic E-state index is -4.51. The number of aromatic nitrogens is 3. The van der Waals surface area contributed by atoms with Crippen LogP contribution < -0.4 is 0 Å². The quantitative estimate of drug-likeness (QED) is 0.785. The van der Waals surface area contributed by atoms with E-state index >= 15 is 0 Å². The SMILES string of the molecule is Oc1ccccc1Sc1nccn2nc(C(F)(F)F)cc12. The molecular formula is C13H8F3N3OS. The Balaban J connectivity index is 2.07. The number of halogens is 3. The summed E-state index contributed by atoms with van der Waals surface area (Å²) in [6, 6.07) is 7.48. The summed E-state index contributed by atoms with van der Waals surface area (Å²) in [7, 11) is 0. The van der Waals surface area contributed by atoms with Crippen molar-refractivity contribution < 1.29 is 18.3 Å². The number of aromatic hydroxyl groups is 1. The summed E-state index contributed by atoms with van der Waals surface area (Å²) in [5, 5.41) is 13.5. The predicted octanol–water partition coefficient (Wildman–Crippen LogP) is 3.60. The number of hydrogen-bond donors (Lipinski definition) is 1. The summed E-state index contributed by atoms with van der Waals surface area (Å²) < 4.78 is 39.2. The zero-order chi connectivity index (χ0) is 15.0. The number of alkyl halides is 3. The fraction of sp³-hybridized carbons (Fsp3) is 0.0769. The second-order valence-corrected chi connectivity index (χ2v) is 5.19. The highest BCUT2D eigenvalue weighted by atomic mass is 32.2. The highest BCUT2D eigenvalue weighted by Crippen LogP contribution is 2.36. The lowest BCUT2D eigenvalue weighted by atomic mass is 10.3. The number of nitrogens with zero attached hydrogens (tertiary/aromatic N) is 3. The average Bonchev–Trinajstić information content (AvgIpc) is 2.86. The van der Waals surface area contributed by atoms with E-state index < -0.39 is 11.9 Å². The molecule has 0 saturated carbocycles. The molecule has 2 heterocycles. The highest BCUT2D eigenvalue weighted by Gasteiger charge is 2.34. The Bertz CT molecular complexity index is 801. The molecule has 0 aliphatic rings. The summed E-state index contributed by atoms with van der Waals surface area (Å²) in [6.45, 7) is 0. The van der Waals surface area contributed by atoms with Crippen LogP contribution in [0.5, 0.6) is 5.75 Å². The average molecular weight is 311 g/mol. The first-order valence-electron chi connectivity index (χ1n) is 5.82. The van der Waals surface area contributed by atoms with Crippen molar-refractivity contribution in [2.45, 2.75) is 16.1 Å². The van der Waals surface area contributed by atoms with E-state index in [1.807, 2.05) is 0 Å². The molecule has 0 bridgehead atoms. The Kier molecular flexibility index (Phi) is 3.25. The van der Waals surface area contributed by atoms with E-state index in [0.29, 0.717) is 9.92 Å². The van der Waals surface area contributed by atoms with Crippen molar-refractivity contribution in [2.75, 3.05) is 0 Å². The van der Waals surface area contributed by atoms with Gasteiger partial charge < -0.3 is 5.11 Å². The maximum Gasteiger partial charge on any atom is 0.435 e. The molecule has 0 aliphatic heterocycles. The van der Waals surface area contributed by atoms with Crippen LogP contribution in [0.15, 0.2) is 52.6 Å². The number of rotatable bonds is 2. The van der Waals surface area contributed by atoms with Crippen LogP contribution >= 0.6 is 11.8 Å². The highest BCUT2D eigenvalue weighted by molar-refractivity contribution is 7.99. The van der Waals surface area contributed by atoms with Gasteiger partial charge in [-0.2, -0.15) is 18.3 Å². The molecule has 1 N–H and O–H groups in total. The molecular weight excluding hydrogens is 303 g/mol. The number of para-hydroxylation sites is 1. The lowest BCUT2D eigenvalue weighted by Crippen LogP contribution is -2.05. The molecule has 0 spiro atoms. The summed E-state index contributed by atoms with van der Waals surface area (Å²) in [4.78, 5) is 4.57. The lowest BCUT2D eigenvalue weighted by molar-refractivity contribution is -0.141. The van der Waals surface area contributed by atoms with E-state index in [-0.39, 0.29) is 11.3 Å². The minimum absolute atomic E-state index is 0.0434. The van der Waals surface area contributed by atoms with Gasteiger partial charge >= 0.3 is 6.18 Å². The Morgan fingerprint density at radius 1 is 1.19 bits per heavy atom. The smallest absolute Gasteiger partial charge is 0.435 e. The first-order valence-corrected chi connectivity index (χ1v) is 6.64. The van der Waals surface area contributed by atoms with Crippen LogP contribution in [0.4, 0.5) is 13.2 Å². The van der Waals surface area contributed by atoms with E-state index in [2.05, 4.69) is 10.1 Å². The van der Waals surface area contributed by atoms with Crippen molar-refractivity contribution in [2.24, 2.45) is 0 Å². The molecule has 2 aromatic heterocycles. The van der Waals surface area contributed by atoms with E-state index in [0.717, 1.165) is 22.3 Å². The van der Waals surface area contributed by atoms with E-state index in [1.165, 1.54) is 18.5 Å². The number of fused-ring (bicyclic) bond motifs is 1. The molecule has 0 amide bonds. The fourth-order valence-electron chi connectivity index (χ4n) is 1.76. The maximum absolute atomic E-state index is 12.7. The monoisotopic (exact) mass is 311 g/mol. The first-order chi connectivity index (χ1) is 9.95. The van der Waals surface area contributed by atoms with Gasteiger partial charge in [0.15, 0.2) is 5.69 Å². The van der Waals surface area contributed by atoms with Crippen LogP contribution in [0.1, 0.15) is 5.69 Å². The Labute approximate surface area is 121 Å². The van der Waals surface area contributed by atoms with E-state index in [1.54, 1.807) is 18.2 Å². The summed E-state index contributed by atoms with van der Waals surface area (Å²) in [5.41, 5.74) is -0.743. The maximum atomic E-state index is 12.7. The van der Waals surface area contributed by atoms with Crippen molar-refractivity contribution in [1.82, 2.24) is 14.6 Å². The van der Waals surface area contributed by atoms with Gasteiger partial charge in [0.2, 0.25) is 0 Å². The van der Waals surface area contributed by atoms with E-state index in [9.17, 15) is 18.3 Å². The van der Waals surface area contributed by atoms with Crippen LogP contribution in [0, 0.1) is 0 Å². The third kappa shape index (κ3) is 2.66. The van der Waals surface area contributed by atoms with Crippen molar-refractivity contribution in [3.05, 3.63) is 48.4 Å². The summed E-state index contributed by atoms with van der Waals surface area (Å²) >= 11 is 1.08. The van der Waals surface area contributed by atoms with Gasteiger partial charge in [-0.1, -0.05) is 23.9 Å². The molecule has 0 saturated heterocycles. The first kappa shape index (κ1) is 13.7. The molecule has 0 atom stereocenters. The molecule has 8 heteroatoms. The largest absolute Gasteiger partial charge is 0.507 e. The predicted molar refractivity (Wildman–Crippen MR) is 70.2 cm³/mol. The normalized spacial score (nSPS) is 12.0. The Morgan fingerprint density at radius 2 is 1.95 bits per heavy atom. The van der Waals surface area contributed by atoms with Gasteiger partial charge in [-0.25, -0.2) is 9.50 Å². The van der Waals surface area contributed by atoms with Gasteiger partial charge in [0, 0.05) is 12.4 Å². The second-order valence-electron chi connectivity index (χ2n) is 4.16. The van der Waals surface area contributed by atoms with Gasteiger partial charge in [-0.3, -0.25) is 0 Å². The summed E-state index contributed by atoms with van der Waals surface area (Å²) in [5.74, 6) is 0.0434. The Morgan fingerprint density at radius 3 is 2.67 bits per heavy atom. The van der Waals surface area contributed by atoms with Crippen LogP contribution in [0.2, 0.25) is 0 Å². The Hall–Kier alpha value is -2.22. The van der Waals surface area contributed by atoms with Crippen molar-refractivity contribution in [3.63, 3.8) is 0 Å². The van der Waals surface area contributed by atoms with Gasteiger partial charge in [0.05, 0.1) is 10.4 Å². The van der Waals surface area contributed by atoms with Crippen LogP contribution in [-0.2, 0) is 6.18 Å². The zero-order valence-corrected chi connectivity index (χ0v) is 11.2. The van der Waals surface area contributed by atoms with Gasteiger partial charge in [-0.05, 0) is 18.2 Å². The van der Waals surface area contributed by atoms with Gasteiger partial charge in [0.1, 0.15) is 10.8 Å². The molecule has 3 rings (SSSR count). The molecule has 3 aromatic rings. The molecule has 0 aliphatic carbocycles. The van der Waals surface area contributed by atoms with Crippen LogP contribution in [-0.4, -0.2) is 19.7 Å². The van der Waals surface area contributed by atoms with E-state index in [4.69, 9.17) is 0 Å². The standard InChI is InChI=1S/C13H8F3N3OS/c14-13(15,16)11-7-8-12(17-5-6-19(8)18-11)21-10-4-2-1-3-9(10)20/h1-7,20H. The molecule has 4 nitrogen and oxygen atoms in total. The van der Waals surface area contributed by atoms with Crippen LogP contribution in [0.25, 0.3) is 5.52 Å². The topological polar surface area (TPSA) is 50.4 Å². The molecule has 0 radical (unpaired) electrons. The van der Waals surface area contributed by atoms with Gasteiger partial charge in [0.25, 0.3) is 0 Å². The number of benzene rings is 1. The number of phenolic OH excluding ortho intramolecular Hbond substituents is 1. The third-order valence-corrected chi connectivity index (χ3v) is 3.79.